The SMILES string of the molecule is CCn1nc(C)c(Cl)c1CSc1c(F)cc(N)cc1F. The van der Waals surface area contributed by atoms with Crippen molar-refractivity contribution in [2.24, 2.45) is 0 Å². The van der Waals surface area contributed by atoms with E-state index in [1.807, 2.05) is 6.92 Å². The van der Waals surface area contributed by atoms with Crippen LogP contribution in [0.25, 0.3) is 0 Å². The molecular weight excluding hydrogens is 304 g/mol. The number of rotatable bonds is 4. The summed E-state index contributed by atoms with van der Waals surface area (Å²) in [4.78, 5) is -0.0585. The lowest BCUT2D eigenvalue weighted by Gasteiger charge is -2.08. The fourth-order valence-corrected chi connectivity index (χ4v) is 3.11. The Morgan fingerprint density at radius 2 is 1.95 bits per heavy atom. The molecule has 0 aliphatic heterocycles. The fourth-order valence-electron chi connectivity index (χ4n) is 1.86. The molecular formula is C13H14ClF2N3S. The average Bonchev–Trinajstić information content (AvgIpc) is 2.64. The van der Waals surface area contributed by atoms with Gasteiger partial charge in [0.1, 0.15) is 11.6 Å². The predicted octanol–water partition coefficient (Wildman–Crippen LogP) is 4.02. The molecule has 20 heavy (non-hydrogen) atoms. The molecule has 2 rings (SSSR count). The van der Waals surface area contributed by atoms with E-state index in [0.717, 1.165) is 29.6 Å². The van der Waals surface area contributed by atoms with Gasteiger partial charge in [0.25, 0.3) is 0 Å². The number of nitrogen functional groups attached to an aromatic ring is 1. The molecule has 0 atom stereocenters. The van der Waals surface area contributed by atoms with Crippen molar-refractivity contribution in [1.29, 1.82) is 0 Å². The maximum absolute atomic E-state index is 13.7. The summed E-state index contributed by atoms with van der Waals surface area (Å²) in [7, 11) is 0. The number of hydrogen-bond donors (Lipinski definition) is 1. The van der Waals surface area contributed by atoms with Crippen molar-refractivity contribution < 1.29 is 8.78 Å². The number of thioether (sulfide) groups is 1. The van der Waals surface area contributed by atoms with E-state index in [0.29, 0.717) is 23.0 Å². The number of aromatic nitrogens is 2. The van der Waals surface area contributed by atoms with Crippen LogP contribution in [-0.4, -0.2) is 9.78 Å². The third-order valence-electron chi connectivity index (χ3n) is 2.83. The largest absolute Gasteiger partial charge is 0.399 e. The van der Waals surface area contributed by atoms with Crippen molar-refractivity contribution in [1.82, 2.24) is 9.78 Å². The van der Waals surface area contributed by atoms with Crippen LogP contribution in [0.2, 0.25) is 5.02 Å². The summed E-state index contributed by atoms with van der Waals surface area (Å²) in [5.74, 6) is -0.989. The third kappa shape index (κ3) is 2.91. The van der Waals surface area contributed by atoms with Crippen LogP contribution in [0, 0.1) is 18.6 Å². The van der Waals surface area contributed by atoms with E-state index in [1.54, 1.807) is 11.6 Å². The molecule has 0 aliphatic rings. The van der Waals surface area contributed by atoms with Crippen molar-refractivity contribution in [3.05, 3.63) is 40.2 Å². The molecule has 2 N–H and O–H groups in total. The maximum atomic E-state index is 13.7. The summed E-state index contributed by atoms with van der Waals surface area (Å²) in [5, 5.41) is 4.80. The van der Waals surface area contributed by atoms with Gasteiger partial charge in [0.05, 0.1) is 21.3 Å². The number of anilines is 1. The lowest BCUT2D eigenvalue weighted by Crippen LogP contribution is -2.02. The van der Waals surface area contributed by atoms with Crippen LogP contribution >= 0.6 is 23.4 Å². The van der Waals surface area contributed by atoms with E-state index in [-0.39, 0.29) is 10.6 Å². The smallest absolute Gasteiger partial charge is 0.141 e. The van der Waals surface area contributed by atoms with Crippen LogP contribution in [0.4, 0.5) is 14.5 Å². The first-order valence-corrected chi connectivity index (χ1v) is 7.39. The summed E-state index contributed by atoms with van der Waals surface area (Å²) in [6.45, 7) is 4.38. The number of halogens is 3. The van der Waals surface area contributed by atoms with Gasteiger partial charge in [0, 0.05) is 18.0 Å². The second-order valence-electron chi connectivity index (χ2n) is 4.26. The molecule has 0 amide bonds. The Kier molecular flexibility index (Phi) is 4.55. The molecule has 0 spiro atoms. The lowest BCUT2D eigenvalue weighted by atomic mass is 10.3. The molecule has 1 heterocycles. The number of aryl methyl sites for hydroxylation is 2. The molecule has 0 bridgehead atoms. The van der Waals surface area contributed by atoms with E-state index in [9.17, 15) is 8.78 Å². The number of nitrogens with zero attached hydrogens (tertiary/aromatic N) is 2. The van der Waals surface area contributed by atoms with E-state index in [2.05, 4.69) is 5.10 Å². The number of benzene rings is 1. The zero-order valence-electron chi connectivity index (χ0n) is 11.1. The van der Waals surface area contributed by atoms with Crippen LogP contribution in [0.1, 0.15) is 18.3 Å². The minimum atomic E-state index is -0.664. The Bertz CT molecular complexity index is 620. The normalized spacial score (nSPS) is 11.1. The number of hydrogen-bond acceptors (Lipinski definition) is 3. The van der Waals surface area contributed by atoms with Crippen LogP contribution in [0.3, 0.4) is 0 Å². The molecule has 3 nitrogen and oxygen atoms in total. The zero-order chi connectivity index (χ0) is 14.9. The van der Waals surface area contributed by atoms with Gasteiger partial charge in [0.15, 0.2) is 0 Å². The molecule has 108 valence electrons. The summed E-state index contributed by atoms with van der Waals surface area (Å²) < 4.78 is 29.1. The molecule has 0 unspecified atom stereocenters. The Balaban J connectivity index is 2.26. The van der Waals surface area contributed by atoms with Gasteiger partial charge < -0.3 is 5.73 Å². The molecule has 2 aromatic rings. The second kappa shape index (κ2) is 6.01. The van der Waals surface area contributed by atoms with Crippen molar-refractivity contribution >= 4 is 29.1 Å². The van der Waals surface area contributed by atoms with Crippen LogP contribution < -0.4 is 5.73 Å². The van der Waals surface area contributed by atoms with Gasteiger partial charge in [-0.25, -0.2) is 8.78 Å². The van der Waals surface area contributed by atoms with E-state index in [4.69, 9.17) is 17.3 Å². The first kappa shape index (κ1) is 15.1. The number of nitrogens with two attached hydrogens (primary N) is 1. The Morgan fingerprint density at radius 3 is 2.50 bits per heavy atom. The zero-order valence-corrected chi connectivity index (χ0v) is 12.7. The molecule has 0 radical (unpaired) electrons. The molecule has 0 saturated carbocycles. The van der Waals surface area contributed by atoms with Crippen molar-refractivity contribution in [2.45, 2.75) is 31.0 Å². The molecule has 0 aliphatic carbocycles. The summed E-state index contributed by atoms with van der Waals surface area (Å²) in [6.07, 6.45) is 0. The highest BCUT2D eigenvalue weighted by Gasteiger charge is 2.16. The van der Waals surface area contributed by atoms with Crippen molar-refractivity contribution in [2.75, 3.05) is 5.73 Å². The van der Waals surface area contributed by atoms with Gasteiger partial charge in [-0.15, -0.1) is 11.8 Å². The highest BCUT2D eigenvalue weighted by molar-refractivity contribution is 7.98. The van der Waals surface area contributed by atoms with Gasteiger partial charge in [-0.3, -0.25) is 4.68 Å². The minimum absolute atomic E-state index is 0.0585. The standard InChI is InChI=1S/C13H14ClF2N3S/c1-3-19-11(12(14)7(2)18-19)6-20-13-9(15)4-8(17)5-10(13)16/h4-5H,3,6,17H2,1-2H3. The van der Waals surface area contributed by atoms with Crippen molar-refractivity contribution in [3.8, 4) is 0 Å². The van der Waals surface area contributed by atoms with Crippen LogP contribution in [0.5, 0.6) is 0 Å². The van der Waals surface area contributed by atoms with Crippen LogP contribution in [-0.2, 0) is 12.3 Å². The van der Waals surface area contributed by atoms with Gasteiger partial charge >= 0.3 is 0 Å². The summed E-state index contributed by atoms with van der Waals surface area (Å²) in [6, 6.07) is 2.21. The van der Waals surface area contributed by atoms with Crippen molar-refractivity contribution in [3.63, 3.8) is 0 Å². The molecule has 1 aromatic heterocycles. The maximum Gasteiger partial charge on any atom is 0.141 e. The Morgan fingerprint density at radius 1 is 1.35 bits per heavy atom. The van der Waals surface area contributed by atoms with Gasteiger partial charge in [-0.05, 0) is 26.0 Å². The predicted molar refractivity (Wildman–Crippen MR) is 78.0 cm³/mol. The Hall–Kier alpha value is -1.27. The third-order valence-corrected chi connectivity index (χ3v) is 4.41. The molecule has 1 aromatic carbocycles. The average molecular weight is 318 g/mol. The van der Waals surface area contributed by atoms with Gasteiger partial charge in [0.2, 0.25) is 0 Å². The van der Waals surface area contributed by atoms with E-state index >= 15 is 0 Å². The second-order valence-corrected chi connectivity index (χ2v) is 5.63. The first-order valence-electron chi connectivity index (χ1n) is 6.03. The van der Waals surface area contributed by atoms with Crippen LogP contribution in [0.15, 0.2) is 17.0 Å². The Labute approximate surface area is 125 Å². The topological polar surface area (TPSA) is 43.8 Å². The summed E-state index contributed by atoms with van der Waals surface area (Å²) in [5.41, 5.74) is 6.92. The highest BCUT2D eigenvalue weighted by Crippen LogP contribution is 2.32. The van der Waals surface area contributed by atoms with E-state index < -0.39 is 11.6 Å². The first-order chi connectivity index (χ1) is 9.43. The molecule has 0 fully saturated rings. The quantitative estimate of drug-likeness (QED) is 0.684. The van der Waals surface area contributed by atoms with Gasteiger partial charge in [-0.1, -0.05) is 11.6 Å². The minimum Gasteiger partial charge on any atom is -0.399 e. The monoisotopic (exact) mass is 317 g/mol. The fraction of sp³-hybridized carbons (Fsp3) is 0.308. The van der Waals surface area contributed by atoms with E-state index in [1.165, 1.54) is 0 Å². The molecule has 7 heteroatoms. The highest BCUT2D eigenvalue weighted by atomic mass is 35.5. The lowest BCUT2D eigenvalue weighted by molar-refractivity contribution is 0.541. The summed E-state index contributed by atoms with van der Waals surface area (Å²) >= 11 is 7.20. The molecule has 0 saturated heterocycles. The van der Waals surface area contributed by atoms with Gasteiger partial charge in [-0.2, -0.15) is 5.10 Å².